The molecule has 90 valence electrons. The van der Waals surface area contributed by atoms with E-state index >= 15 is 0 Å². The lowest BCUT2D eigenvalue weighted by molar-refractivity contribution is 0.151. The summed E-state index contributed by atoms with van der Waals surface area (Å²) < 4.78 is 5.54. The quantitative estimate of drug-likeness (QED) is 0.806. The molecular weight excluding hydrogens is 204 g/mol. The van der Waals surface area contributed by atoms with Crippen LogP contribution in [0, 0.1) is 6.92 Å². The lowest BCUT2D eigenvalue weighted by Crippen LogP contribution is -2.09. The van der Waals surface area contributed by atoms with E-state index in [2.05, 4.69) is 0 Å². The van der Waals surface area contributed by atoms with E-state index in [4.69, 9.17) is 9.84 Å². The molecule has 0 fully saturated rings. The van der Waals surface area contributed by atoms with Crippen molar-refractivity contribution in [3.8, 4) is 5.75 Å². The van der Waals surface area contributed by atoms with Gasteiger partial charge in [0.1, 0.15) is 5.75 Å². The first-order chi connectivity index (χ1) is 7.50. The van der Waals surface area contributed by atoms with Crippen molar-refractivity contribution in [1.29, 1.82) is 0 Å². The number of aliphatic hydroxyl groups excluding tert-OH is 2. The van der Waals surface area contributed by atoms with Gasteiger partial charge in [0.25, 0.3) is 0 Å². The lowest BCUT2D eigenvalue weighted by atomic mass is 10.1. The van der Waals surface area contributed by atoms with E-state index in [1.807, 2.05) is 25.1 Å². The Morgan fingerprint density at radius 2 is 1.94 bits per heavy atom. The van der Waals surface area contributed by atoms with Crippen molar-refractivity contribution in [3.05, 3.63) is 29.3 Å². The standard InChI is InChI=1S/C13H20O3/c1-9-4-5-13(12(8-9)11(3)15)16-7-6-10(2)14/h4-5,8,10-11,14-15H,6-7H2,1-3H3/t10?,11-/m0/s1. The largest absolute Gasteiger partial charge is 0.493 e. The van der Waals surface area contributed by atoms with E-state index in [1.165, 1.54) is 0 Å². The van der Waals surface area contributed by atoms with Gasteiger partial charge in [0.05, 0.1) is 18.8 Å². The monoisotopic (exact) mass is 224 g/mol. The fourth-order valence-corrected chi connectivity index (χ4v) is 1.47. The Hall–Kier alpha value is -1.06. The number of rotatable bonds is 5. The third kappa shape index (κ3) is 3.83. The number of aryl methyl sites for hydroxylation is 1. The van der Waals surface area contributed by atoms with Crippen LogP contribution in [0.4, 0.5) is 0 Å². The van der Waals surface area contributed by atoms with Crippen molar-refractivity contribution < 1.29 is 14.9 Å². The molecule has 0 bridgehead atoms. The Kier molecular flexibility index (Phi) is 4.77. The first-order valence-electron chi connectivity index (χ1n) is 5.60. The topological polar surface area (TPSA) is 49.7 Å². The first kappa shape index (κ1) is 13.0. The highest BCUT2D eigenvalue weighted by Gasteiger charge is 2.09. The number of benzene rings is 1. The van der Waals surface area contributed by atoms with Crippen LogP contribution in [0.2, 0.25) is 0 Å². The van der Waals surface area contributed by atoms with E-state index in [0.717, 1.165) is 11.1 Å². The highest BCUT2D eigenvalue weighted by Crippen LogP contribution is 2.26. The Morgan fingerprint density at radius 1 is 1.25 bits per heavy atom. The van der Waals surface area contributed by atoms with Crippen LogP contribution >= 0.6 is 0 Å². The maximum atomic E-state index is 9.61. The summed E-state index contributed by atoms with van der Waals surface area (Å²) in [5.41, 5.74) is 1.89. The van der Waals surface area contributed by atoms with Crippen molar-refractivity contribution >= 4 is 0 Å². The van der Waals surface area contributed by atoms with Gasteiger partial charge in [-0.25, -0.2) is 0 Å². The zero-order chi connectivity index (χ0) is 12.1. The molecule has 16 heavy (non-hydrogen) atoms. The smallest absolute Gasteiger partial charge is 0.125 e. The van der Waals surface area contributed by atoms with Crippen molar-refractivity contribution in [3.63, 3.8) is 0 Å². The van der Waals surface area contributed by atoms with Gasteiger partial charge in [-0.15, -0.1) is 0 Å². The van der Waals surface area contributed by atoms with Crippen molar-refractivity contribution in [2.24, 2.45) is 0 Å². The van der Waals surface area contributed by atoms with E-state index in [-0.39, 0.29) is 6.10 Å². The predicted molar refractivity (Wildman–Crippen MR) is 63.6 cm³/mol. The maximum absolute atomic E-state index is 9.61. The molecule has 1 aromatic carbocycles. The Balaban J connectivity index is 2.71. The van der Waals surface area contributed by atoms with Crippen molar-refractivity contribution in [2.45, 2.75) is 39.4 Å². The second-order valence-corrected chi connectivity index (χ2v) is 4.20. The van der Waals surface area contributed by atoms with Gasteiger partial charge in [-0.1, -0.05) is 11.6 Å². The molecule has 0 radical (unpaired) electrons. The van der Waals surface area contributed by atoms with E-state index in [1.54, 1.807) is 13.8 Å². The van der Waals surface area contributed by atoms with Crippen molar-refractivity contribution in [1.82, 2.24) is 0 Å². The minimum Gasteiger partial charge on any atom is -0.493 e. The molecule has 2 atom stereocenters. The van der Waals surface area contributed by atoms with Gasteiger partial charge in [0, 0.05) is 12.0 Å². The summed E-state index contributed by atoms with van der Waals surface area (Å²) in [5, 5.41) is 18.7. The molecule has 0 spiro atoms. The number of hydrogen-bond acceptors (Lipinski definition) is 3. The van der Waals surface area contributed by atoms with Gasteiger partial charge in [0.15, 0.2) is 0 Å². The van der Waals surface area contributed by atoms with Crippen LogP contribution in [0.3, 0.4) is 0 Å². The fraction of sp³-hybridized carbons (Fsp3) is 0.538. The average Bonchev–Trinajstić information content (AvgIpc) is 2.19. The second kappa shape index (κ2) is 5.87. The molecule has 0 aliphatic carbocycles. The Labute approximate surface area is 96.7 Å². The molecule has 0 aromatic heterocycles. The summed E-state index contributed by atoms with van der Waals surface area (Å²) in [6.45, 7) is 5.89. The van der Waals surface area contributed by atoms with Crippen LogP contribution in [0.5, 0.6) is 5.75 Å². The van der Waals surface area contributed by atoms with E-state index in [0.29, 0.717) is 18.8 Å². The SMILES string of the molecule is Cc1ccc(OCCC(C)O)c([C@H](C)O)c1. The molecule has 0 aliphatic heterocycles. The predicted octanol–water partition coefficient (Wildman–Crippen LogP) is 2.20. The van der Waals surface area contributed by atoms with E-state index < -0.39 is 6.10 Å². The van der Waals surface area contributed by atoms with Crippen LogP contribution in [0.15, 0.2) is 18.2 Å². The molecule has 3 heteroatoms. The van der Waals surface area contributed by atoms with Gasteiger partial charge in [-0.2, -0.15) is 0 Å². The van der Waals surface area contributed by atoms with Gasteiger partial charge in [-0.05, 0) is 32.9 Å². The molecule has 1 rings (SSSR count). The Bertz CT molecular complexity index is 332. The van der Waals surface area contributed by atoms with Crippen LogP contribution in [0.1, 0.15) is 37.5 Å². The summed E-state index contributed by atoms with van der Waals surface area (Å²) in [6, 6.07) is 5.73. The molecular formula is C13H20O3. The highest BCUT2D eigenvalue weighted by atomic mass is 16.5. The lowest BCUT2D eigenvalue weighted by Gasteiger charge is -2.14. The van der Waals surface area contributed by atoms with Crippen LogP contribution < -0.4 is 4.74 Å². The van der Waals surface area contributed by atoms with Crippen LogP contribution in [-0.2, 0) is 0 Å². The molecule has 0 saturated heterocycles. The van der Waals surface area contributed by atoms with Crippen molar-refractivity contribution in [2.75, 3.05) is 6.61 Å². The number of aliphatic hydroxyl groups is 2. The van der Waals surface area contributed by atoms with Gasteiger partial charge >= 0.3 is 0 Å². The summed E-state index contributed by atoms with van der Waals surface area (Å²) in [5.74, 6) is 0.696. The highest BCUT2D eigenvalue weighted by molar-refractivity contribution is 5.38. The normalized spacial score (nSPS) is 14.6. The third-order valence-electron chi connectivity index (χ3n) is 2.41. The molecule has 0 heterocycles. The molecule has 0 amide bonds. The van der Waals surface area contributed by atoms with Crippen LogP contribution in [0.25, 0.3) is 0 Å². The number of hydrogen-bond donors (Lipinski definition) is 2. The van der Waals surface area contributed by atoms with Crippen LogP contribution in [-0.4, -0.2) is 22.9 Å². The molecule has 1 unspecified atom stereocenters. The Morgan fingerprint density at radius 3 is 2.50 bits per heavy atom. The fourth-order valence-electron chi connectivity index (χ4n) is 1.47. The minimum absolute atomic E-state index is 0.361. The van der Waals surface area contributed by atoms with Gasteiger partial charge < -0.3 is 14.9 Å². The molecule has 0 aliphatic rings. The maximum Gasteiger partial charge on any atom is 0.125 e. The molecule has 3 nitrogen and oxygen atoms in total. The molecule has 1 aromatic rings. The molecule has 0 saturated carbocycles. The minimum atomic E-state index is -0.540. The zero-order valence-corrected chi connectivity index (χ0v) is 10.1. The summed E-state index contributed by atoms with van der Waals surface area (Å²) >= 11 is 0. The summed E-state index contributed by atoms with van der Waals surface area (Å²) in [4.78, 5) is 0. The second-order valence-electron chi connectivity index (χ2n) is 4.20. The summed E-state index contributed by atoms with van der Waals surface area (Å²) in [7, 11) is 0. The third-order valence-corrected chi connectivity index (χ3v) is 2.41. The first-order valence-corrected chi connectivity index (χ1v) is 5.60. The van der Waals surface area contributed by atoms with Gasteiger partial charge in [0.2, 0.25) is 0 Å². The number of ether oxygens (including phenoxy) is 1. The molecule has 2 N–H and O–H groups in total. The summed E-state index contributed by atoms with van der Waals surface area (Å²) in [6.07, 6.45) is -0.311. The average molecular weight is 224 g/mol. The van der Waals surface area contributed by atoms with Gasteiger partial charge in [-0.3, -0.25) is 0 Å². The zero-order valence-electron chi connectivity index (χ0n) is 10.1. The van der Waals surface area contributed by atoms with E-state index in [9.17, 15) is 5.11 Å².